The molecule has 0 aromatic heterocycles. The maximum Gasteiger partial charge on any atom is 0.314 e. The zero-order valence-electron chi connectivity index (χ0n) is 23.8. The molecule has 1 saturated heterocycles. The first-order chi connectivity index (χ1) is 21.1. The summed E-state index contributed by atoms with van der Waals surface area (Å²) in [5.41, 5.74) is 6.03. The maximum absolute atomic E-state index is 13.2. The average molecular weight is 626 g/mol. The number of thiol groups is 1. The van der Waals surface area contributed by atoms with E-state index < -0.39 is 41.3 Å². The number of esters is 1. The van der Waals surface area contributed by atoms with Crippen LogP contribution in [0.3, 0.4) is 0 Å². The number of hydrogen-bond donors (Lipinski definition) is 6. The number of aliphatic hydroxyl groups is 1. The minimum Gasteiger partial charge on any atom is -0.508 e. The van der Waals surface area contributed by atoms with E-state index >= 15 is 0 Å². The predicted octanol–water partition coefficient (Wildman–Crippen LogP) is 0.722. The number of amides is 3. The van der Waals surface area contributed by atoms with E-state index in [-0.39, 0.29) is 68.0 Å². The van der Waals surface area contributed by atoms with Gasteiger partial charge in [-0.1, -0.05) is 30.4 Å². The number of hydrogen-bond acceptors (Lipinski definition) is 10. The Morgan fingerprint density at radius 2 is 1.89 bits per heavy atom. The van der Waals surface area contributed by atoms with Crippen LogP contribution in [0.2, 0.25) is 0 Å². The van der Waals surface area contributed by atoms with Crippen molar-refractivity contribution in [3.8, 4) is 5.75 Å². The summed E-state index contributed by atoms with van der Waals surface area (Å²) < 4.78 is 16.9. The van der Waals surface area contributed by atoms with Gasteiger partial charge >= 0.3 is 5.97 Å². The highest BCUT2D eigenvalue weighted by molar-refractivity contribution is 7.80. The number of carbonyl (C=O) groups is 4. The van der Waals surface area contributed by atoms with Gasteiger partial charge in [0.25, 0.3) is 5.91 Å². The number of ether oxygens (including phenoxy) is 3. The van der Waals surface area contributed by atoms with E-state index in [2.05, 4.69) is 23.3 Å². The third-order valence-corrected chi connectivity index (χ3v) is 8.67. The van der Waals surface area contributed by atoms with Gasteiger partial charge in [0, 0.05) is 35.3 Å². The van der Waals surface area contributed by atoms with Crippen molar-refractivity contribution in [2.75, 3.05) is 38.7 Å². The van der Waals surface area contributed by atoms with Crippen molar-refractivity contribution in [1.82, 2.24) is 10.6 Å². The Labute approximate surface area is 259 Å². The normalized spacial score (nSPS) is 26.9. The van der Waals surface area contributed by atoms with E-state index in [9.17, 15) is 29.4 Å². The number of phenolic OH excluding ortho intramolecular Hbond substituents is 1. The fraction of sp³-hybridized carbons (Fsp3) is 0.419. The molecule has 1 spiro atoms. The van der Waals surface area contributed by atoms with Crippen molar-refractivity contribution in [2.24, 2.45) is 29.4 Å². The molecule has 0 radical (unpaired) electrons. The molecule has 0 bridgehead atoms. The molecule has 3 aliphatic carbocycles. The zero-order valence-corrected chi connectivity index (χ0v) is 24.7. The van der Waals surface area contributed by atoms with Crippen LogP contribution in [-0.2, 0) is 45.4 Å². The number of phenols is 1. The predicted molar refractivity (Wildman–Crippen MR) is 160 cm³/mol. The molecule has 1 heterocycles. The molecule has 6 atom stereocenters. The molecule has 4 aliphatic rings. The van der Waals surface area contributed by atoms with Gasteiger partial charge in [-0.2, -0.15) is 12.6 Å². The fourth-order valence-corrected chi connectivity index (χ4v) is 6.65. The van der Waals surface area contributed by atoms with Gasteiger partial charge in [-0.25, -0.2) is 0 Å². The topological polar surface area (TPSA) is 187 Å². The van der Waals surface area contributed by atoms with Crippen LogP contribution in [0.5, 0.6) is 5.75 Å². The molecule has 1 fully saturated rings. The van der Waals surface area contributed by atoms with Crippen LogP contribution in [0.15, 0.2) is 66.0 Å². The Kier molecular flexibility index (Phi) is 9.47. The van der Waals surface area contributed by atoms with Crippen molar-refractivity contribution >= 4 is 36.3 Å². The van der Waals surface area contributed by atoms with Crippen LogP contribution in [0.25, 0.3) is 0 Å². The molecule has 5 rings (SSSR count). The molecule has 6 N–H and O–H groups in total. The summed E-state index contributed by atoms with van der Waals surface area (Å²) in [6, 6.07) is 4.14. The summed E-state index contributed by atoms with van der Waals surface area (Å²) >= 11 is 3.96. The molecule has 44 heavy (non-hydrogen) atoms. The minimum atomic E-state index is -1.12. The van der Waals surface area contributed by atoms with Crippen molar-refractivity contribution in [2.45, 2.75) is 18.1 Å². The zero-order chi connectivity index (χ0) is 31.4. The molecule has 3 amide bonds. The van der Waals surface area contributed by atoms with Crippen LogP contribution in [0.4, 0.5) is 0 Å². The van der Waals surface area contributed by atoms with Crippen molar-refractivity contribution < 1.29 is 43.6 Å². The van der Waals surface area contributed by atoms with E-state index in [1.807, 2.05) is 6.08 Å². The lowest BCUT2D eigenvalue weighted by Crippen LogP contribution is -2.48. The molecule has 1 aliphatic heterocycles. The standard InChI is InChI=1S/C31H35N3O9S/c32-28(38)26(16-44)34-27(37)15-42-10-9-41-8-7-33-29(39)17-1-4-22-25(14-17)31(43-30(22)40)23-5-2-20(35)12-18(23)11-19-13-21(36)3-6-24(19)31/h1-6,12-14,18,22-23,25-26,35-36,44H,7-11,15-16H2,(H2,32,38)(H,33,39)(H,34,37). The van der Waals surface area contributed by atoms with Gasteiger partial charge in [0.2, 0.25) is 11.8 Å². The van der Waals surface area contributed by atoms with Gasteiger partial charge in [-0.3, -0.25) is 19.2 Å². The molecular formula is C31H35N3O9S. The molecule has 234 valence electrons. The minimum absolute atomic E-state index is 0.0806. The Morgan fingerprint density at radius 1 is 1.09 bits per heavy atom. The molecular weight excluding hydrogens is 590 g/mol. The summed E-state index contributed by atoms with van der Waals surface area (Å²) in [5.74, 6) is -3.15. The highest BCUT2D eigenvalue weighted by Crippen LogP contribution is 2.59. The Balaban J connectivity index is 1.18. The summed E-state index contributed by atoms with van der Waals surface area (Å²) in [6.45, 7) is 0.438. The number of nitrogens with two attached hydrogens (primary N) is 1. The second-order valence-electron chi connectivity index (χ2n) is 11.1. The number of benzene rings is 1. The van der Waals surface area contributed by atoms with Crippen molar-refractivity contribution in [3.63, 3.8) is 0 Å². The van der Waals surface area contributed by atoms with Crippen LogP contribution < -0.4 is 16.4 Å². The van der Waals surface area contributed by atoms with Gasteiger partial charge in [0.15, 0.2) is 5.60 Å². The van der Waals surface area contributed by atoms with Crippen LogP contribution in [0.1, 0.15) is 11.1 Å². The Hall–Kier alpha value is -4.07. The van der Waals surface area contributed by atoms with E-state index in [0.717, 1.165) is 11.1 Å². The third-order valence-electron chi connectivity index (χ3n) is 8.31. The number of primary amides is 1. The average Bonchev–Trinajstić information content (AvgIpc) is 3.28. The number of nitrogens with one attached hydrogen (secondary N) is 2. The first-order valence-corrected chi connectivity index (χ1v) is 14.9. The molecule has 1 aromatic rings. The number of carbonyl (C=O) groups excluding carboxylic acids is 4. The lowest BCUT2D eigenvalue weighted by atomic mass is 9.58. The first-order valence-electron chi connectivity index (χ1n) is 14.3. The summed E-state index contributed by atoms with van der Waals surface area (Å²) in [6.07, 6.45) is 10.9. The third kappa shape index (κ3) is 6.26. The smallest absolute Gasteiger partial charge is 0.314 e. The van der Waals surface area contributed by atoms with Crippen LogP contribution >= 0.6 is 12.6 Å². The first kappa shape index (κ1) is 31.4. The van der Waals surface area contributed by atoms with E-state index in [4.69, 9.17) is 19.9 Å². The van der Waals surface area contributed by atoms with E-state index in [0.29, 0.717) is 12.0 Å². The molecule has 1 aromatic carbocycles. The second kappa shape index (κ2) is 13.3. The maximum atomic E-state index is 13.2. The SMILES string of the molecule is NC(=O)C(CS)NC(=O)COCCOCCNC(=O)C1=CC2C(C=C1)C(=O)OC21c2ccc(O)cc2CC2C=C(O)C=CC21. The number of aromatic hydroxyl groups is 1. The van der Waals surface area contributed by atoms with E-state index in [1.54, 1.807) is 48.6 Å². The Morgan fingerprint density at radius 3 is 2.66 bits per heavy atom. The number of rotatable bonds is 12. The van der Waals surface area contributed by atoms with Gasteiger partial charge in [-0.05, 0) is 42.2 Å². The fourth-order valence-electron chi connectivity index (χ4n) is 6.37. The van der Waals surface area contributed by atoms with Gasteiger partial charge in [0.05, 0.1) is 25.7 Å². The van der Waals surface area contributed by atoms with Gasteiger partial charge in [0.1, 0.15) is 24.2 Å². The highest BCUT2D eigenvalue weighted by atomic mass is 32.1. The number of allylic oxidation sites excluding steroid dienone is 2. The van der Waals surface area contributed by atoms with Crippen molar-refractivity contribution in [1.29, 1.82) is 0 Å². The van der Waals surface area contributed by atoms with Gasteiger partial charge < -0.3 is 40.8 Å². The Bertz CT molecular complexity index is 1450. The quantitative estimate of drug-likeness (QED) is 0.111. The van der Waals surface area contributed by atoms with Crippen LogP contribution in [-0.4, -0.2) is 78.7 Å². The summed E-state index contributed by atoms with van der Waals surface area (Å²) in [5, 5.41) is 25.6. The molecule has 0 saturated carbocycles. The largest absolute Gasteiger partial charge is 0.508 e. The molecule has 6 unspecified atom stereocenters. The second-order valence-corrected chi connectivity index (χ2v) is 11.4. The van der Waals surface area contributed by atoms with Crippen LogP contribution in [0, 0.1) is 23.7 Å². The lowest BCUT2D eigenvalue weighted by Gasteiger charge is -2.47. The highest BCUT2D eigenvalue weighted by Gasteiger charge is 2.62. The number of aliphatic hydroxyl groups excluding tert-OH is 1. The van der Waals surface area contributed by atoms with E-state index in [1.165, 1.54) is 0 Å². The van der Waals surface area contributed by atoms with Gasteiger partial charge in [-0.15, -0.1) is 0 Å². The lowest BCUT2D eigenvalue weighted by molar-refractivity contribution is -0.157. The summed E-state index contributed by atoms with van der Waals surface area (Å²) in [4.78, 5) is 49.3. The molecule has 13 heteroatoms. The summed E-state index contributed by atoms with van der Waals surface area (Å²) in [7, 11) is 0. The molecule has 12 nitrogen and oxygen atoms in total. The monoisotopic (exact) mass is 625 g/mol. The number of fused-ring (bicyclic) bond motifs is 6. The van der Waals surface area contributed by atoms with Crippen molar-refractivity contribution in [3.05, 3.63) is 77.1 Å².